The van der Waals surface area contributed by atoms with Crippen LogP contribution in [0.5, 0.6) is 0 Å². The lowest BCUT2D eigenvalue weighted by atomic mass is 9.95. The van der Waals surface area contributed by atoms with Crippen molar-refractivity contribution in [2.24, 2.45) is 12.5 Å². The molecule has 0 fully saturated rings. The Hall–Kier alpha value is -1.32. The summed E-state index contributed by atoms with van der Waals surface area (Å²) in [4.78, 5) is 11.7. The number of nitrogens with one attached hydrogen (secondary N) is 1. The Morgan fingerprint density at radius 3 is 2.62 bits per heavy atom. The van der Waals surface area contributed by atoms with E-state index >= 15 is 0 Å². The summed E-state index contributed by atoms with van der Waals surface area (Å²) in [6.07, 6.45) is 2.85. The van der Waals surface area contributed by atoms with Crippen LogP contribution in [0.15, 0.2) is 6.20 Å². The van der Waals surface area contributed by atoms with Gasteiger partial charge in [-0.25, -0.2) is 0 Å². The van der Waals surface area contributed by atoms with Gasteiger partial charge in [0.05, 0.1) is 5.69 Å². The van der Waals surface area contributed by atoms with Gasteiger partial charge in [0, 0.05) is 30.8 Å². The van der Waals surface area contributed by atoms with E-state index in [4.69, 9.17) is 0 Å². The van der Waals surface area contributed by atoms with Gasteiger partial charge in [-0.05, 0) is 6.42 Å². The van der Waals surface area contributed by atoms with E-state index in [0.717, 1.165) is 17.7 Å². The Balaban J connectivity index is 2.64. The summed E-state index contributed by atoms with van der Waals surface area (Å²) >= 11 is 0. The molecule has 0 saturated carbocycles. The van der Waals surface area contributed by atoms with Crippen LogP contribution >= 0.6 is 0 Å². The van der Waals surface area contributed by atoms with Crippen LogP contribution in [0.4, 0.5) is 0 Å². The van der Waals surface area contributed by atoms with E-state index in [1.807, 2.05) is 34.0 Å². The van der Waals surface area contributed by atoms with E-state index in [1.54, 1.807) is 4.68 Å². The zero-order valence-corrected chi connectivity index (χ0v) is 10.8. The zero-order valence-electron chi connectivity index (χ0n) is 10.8. The van der Waals surface area contributed by atoms with Crippen molar-refractivity contribution >= 4 is 5.91 Å². The smallest absolute Gasteiger partial charge is 0.225 e. The first-order chi connectivity index (χ1) is 7.34. The van der Waals surface area contributed by atoms with E-state index in [9.17, 15) is 4.79 Å². The molecule has 1 N–H and O–H groups in total. The molecule has 0 saturated heterocycles. The molecule has 0 aliphatic carbocycles. The summed E-state index contributed by atoms with van der Waals surface area (Å²) in [5.41, 5.74) is 1.81. The predicted molar refractivity (Wildman–Crippen MR) is 63.9 cm³/mol. The highest BCUT2D eigenvalue weighted by molar-refractivity contribution is 5.81. The second-order valence-corrected chi connectivity index (χ2v) is 5.06. The largest absolute Gasteiger partial charge is 0.351 e. The lowest BCUT2D eigenvalue weighted by Crippen LogP contribution is -2.34. The van der Waals surface area contributed by atoms with Gasteiger partial charge in [0.25, 0.3) is 0 Å². The number of carbonyl (C=O) groups excluding carboxylic acids is 1. The molecule has 0 spiro atoms. The summed E-state index contributed by atoms with van der Waals surface area (Å²) in [6.45, 7) is 8.36. The molecule has 0 aliphatic rings. The molecule has 1 rings (SSSR count). The Morgan fingerprint density at radius 1 is 1.50 bits per heavy atom. The lowest BCUT2D eigenvalue weighted by Gasteiger charge is -2.17. The Bertz CT molecular complexity index is 374. The van der Waals surface area contributed by atoms with Crippen molar-refractivity contribution in [2.45, 2.75) is 40.7 Å². The SMILES string of the molecule is CCc1nn(C)cc1CNC(=O)C(C)(C)C. The monoisotopic (exact) mass is 223 g/mol. The van der Waals surface area contributed by atoms with Crippen LogP contribution in [0, 0.1) is 5.41 Å². The fourth-order valence-corrected chi connectivity index (χ4v) is 1.47. The van der Waals surface area contributed by atoms with Crippen LogP contribution in [0.25, 0.3) is 0 Å². The first-order valence-corrected chi connectivity index (χ1v) is 5.64. The summed E-state index contributed by atoms with van der Waals surface area (Å²) in [5.74, 6) is 0.0680. The fraction of sp³-hybridized carbons (Fsp3) is 0.667. The number of hydrogen-bond donors (Lipinski definition) is 1. The third kappa shape index (κ3) is 3.08. The van der Waals surface area contributed by atoms with Crippen molar-refractivity contribution < 1.29 is 4.79 Å². The maximum Gasteiger partial charge on any atom is 0.225 e. The van der Waals surface area contributed by atoms with Gasteiger partial charge < -0.3 is 5.32 Å². The van der Waals surface area contributed by atoms with Crippen LogP contribution < -0.4 is 5.32 Å². The van der Waals surface area contributed by atoms with Crippen LogP contribution in [0.2, 0.25) is 0 Å². The lowest BCUT2D eigenvalue weighted by molar-refractivity contribution is -0.128. The number of carbonyl (C=O) groups is 1. The van der Waals surface area contributed by atoms with Gasteiger partial charge in [-0.3, -0.25) is 9.48 Å². The summed E-state index contributed by atoms with van der Waals surface area (Å²) in [5, 5.41) is 7.27. The maximum absolute atomic E-state index is 11.7. The molecule has 0 radical (unpaired) electrons. The molecule has 1 heterocycles. The Morgan fingerprint density at radius 2 is 2.12 bits per heavy atom. The highest BCUT2D eigenvalue weighted by Crippen LogP contribution is 2.13. The molecule has 0 bridgehead atoms. The van der Waals surface area contributed by atoms with Crippen molar-refractivity contribution in [1.29, 1.82) is 0 Å². The number of aromatic nitrogens is 2. The Labute approximate surface area is 97.0 Å². The van der Waals surface area contributed by atoms with Crippen LogP contribution in [0.1, 0.15) is 39.0 Å². The van der Waals surface area contributed by atoms with Gasteiger partial charge in [-0.15, -0.1) is 0 Å². The quantitative estimate of drug-likeness (QED) is 0.847. The molecule has 1 aromatic rings. The number of amides is 1. The maximum atomic E-state index is 11.7. The summed E-state index contributed by atoms with van der Waals surface area (Å²) in [7, 11) is 1.90. The second-order valence-electron chi connectivity index (χ2n) is 5.06. The molecular weight excluding hydrogens is 202 g/mol. The molecule has 4 nitrogen and oxygen atoms in total. The predicted octanol–water partition coefficient (Wildman–Crippen LogP) is 1.64. The summed E-state index contributed by atoms with van der Waals surface area (Å²) < 4.78 is 1.79. The van der Waals surface area contributed by atoms with Gasteiger partial charge in [-0.2, -0.15) is 5.10 Å². The van der Waals surface area contributed by atoms with Crippen molar-refractivity contribution in [3.63, 3.8) is 0 Å². The number of aryl methyl sites for hydroxylation is 2. The zero-order chi connectivity index (χ0) is 12.3. The Kier molecular flexibility index (Phi) is 3.73. The second kappa shape index (κ2) is 4.68. The van der Waals surface area contributed by atoms with Crippen molar-refractivity contribution in [3.05, 3.63) is 17.5 Å². The van der Waals surface area contributed by atoms with E-state index in [2.05, 4.69) is 17.3 Å². The van der Waals surface area contributed by atoms with Crippen molar-refractivity contribution in [2.75, 3.05) is 0 Å². The first kappa shape index (κ1) is 12.7. The third-order valence-corrected chi connectivity index (χ3v) is 2.45. The highest BCUT2D eigenvalue weighted by Gasteiger charge is 2.21. The van der Waals surface area contributed by atoms with Crippen LogP contribution in [0.3, 0.4) is 0 Å². The molecular formula is C12H21N3O. The van der Waals surface area contributed by atoms with E-state index in [-0.39, 0.29) is 11.3 Å². The standard InChI is InChI=1S/C12H21N3O/c1-6-10-9(8-15(5)14-10)7-13-11(16)12(2,3)4/h8H,6-7H2,1-5H3,(H,13,16). The molecule has 90 valence electrons. The molecule has 0 unspecified atom stereocenters. The minimum Gasteiger partial charge on any atom is -0.351 e. The molecule has 1 amide bonds. The van der Waals surface area contributed by atoms with Gasteiger partial charge >= 0.3 is 0 Å². The van der Waals surface area contributed by atoms with E-state index in [1.165, 1.54) is 0 Å². The molecule has 0 atom stereocenters. The third-order valence-electron chi connectivity index (χ3n) is 2.45. The number of rotatable bonds is 3. The highest BCUT2D eigenvalue weighted by atomic mass is 16.2. The topological polar surface area (TPSA) is 46.9 Å². The van der Waals surface area contributed by atoms with Crippen molar-refractivity contribution in [3.8, 4) is 0 Å². The summed E-state index contributed by atoms with van der Waals surface area (Å²) in [6, 6.07) is 0. The average molecular weight is 223 g/mol. The molecule has 0 aliphatic heterocycles. The molecule has 0 aromatic carbocycles. The molecule has 16 heavy (non-hydrogen) atoms. The normalized spacial score (nSPS) is 11.6. The van der Waals surface area contributed by atoms with Crippen LogP contribution in [-0.4, -0.2) is 15.7 Å². The average Bonchev–Trinajstić information content (AvgIpc) is 2.53. The minimum absolute atomic E-state index is 0.0680. The number of nitrogens with zero attached hydrogens (tertiary/aromatic N) is 2. The minimum atomic E-state index is -0.339. The number of hydrogen-bond acceptors (Lipinski definition) is 2. The van der Waals surface area contributed by atoms with E-state index in [0.29, 0.717) is 6.54 Å². The van der Waals surface area contributed by atoms with Gasteiger partial charge in [0.1, 0.15) is 0 Å². The van der Waals surface area contributed by atoms with Gasteiger partial charge in [0.2, 0.25) is 5.91 Å². The van der Waals surface area contributed by atoms with Crippen LogP contribution in [-0.2, 0) is 24.8 Å². The molecule has 4 heteroatoms. The van der Waals surface area contributed by atoms with Gasteiger partial charge in [0.15, 0.2) is 0 Å². The fourth-order valence-electron chi connectivity index (χ4n) is 1.47. The first-order valence-electron chi connectivity index (χ1n) is 5.64. The van der Waals surface area contributed by atoms with Gasteiger partial charge in [-0.1, -0.05) is 27.7 Å². The molecule has 1 aromatic heterocycles. The van der Waals surface area contributed by atoms with E-state index < -0.39 is 0 Å². The van der Waals surface area contributed by atoms with Crippen molar-refractivity contribution in [1.82, 2.24) is 15.1 Å².